The van der Waals surface area contributed by atoms with E-state index in [4.69, 9.17) is 0 Å². The lowest BCUT2D eigenvalue weighted by Gasteiger charge is -2.39. The molecule has 1 aromatic rings. The second kappa shape index (κ2) is 5.87. The quantitative estimate of drug-likeness (QED) is 0.912. The predicted molar refractivity (Wildman–Crippen MR) is 87.6 cm³/mol. The number of fused-ring (bicyclic) bond motifs is 2. The summed E-state index contributed by atoms with van der Waals surface area (Å²) in [5.41, 5.74) is 2.66. The zero-order valence-electron chi connectivity index (χ0n) is 13.8. The van der Waals surface area contributed by atoms with Crippen LogP contribution < -0.4 is 0 Å². The van der Waals surface area contributed by atoms with E-state index in [9.17, 15) is 14.7 Å². The molecule has 23 heavy (non-hydrogen) atoms. The van der Waals surface area contributed by atoms with Crippen molar-refractivity contribution in [3.05, 3.63) is 35.4 Å². The maximum atomic E-state index is 12.2. The first kappa shape index (κ1) is 15.8. The summed E-state index contributed by atoms with van der Waals surface area (Å²) in [5, 5.41) is 9.17. The molecule has 0 radical (unpaired) electrons. The third-order valence-electron chi connectivity index (χ3n) is 5.52. The highest BCUT2D eigenvalue weighted by Crippen LogP contribution is 2.52. The number of carboxylic acid groups (broad SMARTS) is 1. The van der Waals surface area contributed by atoms with Gasteiger partial charge in [-0.3, -0.25) is 4.79 Å². The van der Waals surface area contributed by atoms with Crippen LogP contribution in [-0.4, -0.2) is 54.1 Å². The molecule has 1 aliphatic heterocycles. The van der Waals surface area contributed by atoms with Gasteiger partial charge in [-0.25, -0.2) is 4.79 Å². The number of hydrogen-bond donors (Lipinski definition) is 1. The first-order valence-corrected chi connectivity index (χ1v) is 8.20. The Labute approximate surface area is 136 Å². The average molecular weight is 316 g/mol. The minimum atomic E-state index is -0.828. The van der Waals surface area contributed by atoms with Gasteiger partial charge >= 0.3 is 6.09 Å². The Morgan fingerprint density at radius 3 is 2.52 bits per heavy atom. The standard InChI is InChI=1S/C18H24N2O3/c1-19(2)16(21)11-13-12-18(15-6-4-3-5-14(13)15)7-9-20(10-8-18)17(22)23/h3-6,13H,7-12H2,1-2H3,(H,22,23). The maximum absolute atomic E-state index is 12.2. The summed E-state index contributed by atoms with van der Waals surface area (Å²) >= 11 is 0. The van der Waals surface area contributed by atoms with Gasteiger partial charge in [-0.1, -0.05) is 24.3 Å². The highest BCUT2D eigenvalue weighted by atomic mass is 16.4. The van der Waals surface area contributed by atoms with Crippen LogP contribution in [0.25, 0.3) is 0 Å². The molecule has 2 aliphatic rings. The second-order valence-corrected chi connectivity index (χ2v) is 7.03. The maximum Gasteiger partial charge on any atom is 0.407 e. The molecule has 0 aromatic heterocycles. The van der Waals surface area contributed by atoms with Gasteiger partial charge < -0.3 is 14.9 Å². The van der Waals surface area contributed by atoms with E-state index >= 15 is 0 Å². The van der Waals surface area contributed by atoms with E-state index in [0.717, 1.165) is 19.3 Å². The van der Waals surface area contributed by atoms with Crippen molar-refractivity contribution in [3.8, 4) is 0 Å². The van der Waals surface area contributed by atoms with Crippen LogP contribution in [0, 0.1) is 0 Å². The summed E-state index contributed by atoms with van der Waals surface area (Å²) in [5.74, 6) is 0.405. The highest BCUT2D eigenvalue weighted by Gasteiger charge is 2.46. The molecule has 1 aliphatic carbocycles. The number of piperidine rings is 1. The molecule has 3 rings (SSSR count). The third kappa shape index (κ3) is 2.80. The Morgan fingerprint density at radius 1 is 1.26 bits per heavy atom. The molecule has 5 nitrogen and oxygen atoms in total. The molecule has 1 atom stereocenters. The summed E-state index contributed by atoms with van der Waals surface area (Å²) < 4.78 is 0. The fourth-order valence-electron chi connectivity index (χ4n) is 4.20. The van der Waals surface area contributed by atoms with Crippen LogP contribution >= 0.6 is 0 Å². The fraction of sp³-hybridized carbons (Fsp3) is 0.556. The van der Waals surface area contributed by atoms with Crippen LogP contribution in [0.1, 0.15) is 42.7 Å². The molecular weight excluding hydrogens is 292 g/mol. The number of rotatable bonds is 2. The summed E-state index contributed by atoms with van der Waals surface area (Å²) in [4.78, 5) is 26.5. The van der Waals surface area contributed by atoms with E-state index < -0.39 is 6.09 Å². The van der Waals surface area contributed by atoms with Crippen LogP contribution in [0.3, 0.4) is 0 Å². The molecule has 1 fully saturated rings. The topological polar surface area (TPSA) is 60.9 Å². The fourth-order valence-corrected chi connectivity index (χ4v) is 4.20. The molecule has 5 heteroatoms. The monoisotopic (exact) mass is 316 g/mol. The van der Waals surface area contributed by atoms with Gasteiger partial charge in [0.2, 0.25) is 5.91 Å². The van der Waals surface area contributed by atoms with Crippen LogP contribution in [0.2, 0.25) is 0 Å². The van der Waals surface area contributed by atoms with E-state index in [1.165, 1.54) is 16.0 Å². The molecule has 1 heterocycles. The molecule has 124 valence electrons. The van der Waals surface area contributed by atoms with Gasteiger partial charge in [-0.2, -0.15) is 0 Å². The van der Waals surface area contributed by atoms with Crippen molar-refractivity contribution in [2.24, 2.45) is 0 Å². The zero-order chi connectivity index (χ0) is 16.6. The van der Waals surface area contributed by atoms with Crippen LogP contribution in [0.4, 0.5) is 4.79 Å². The molecule has 1 N–H and O–H groups in total. The highest BCUT2D eigenvalue weighted by molar-refractivity contribution is 5.77. The van der Waals surface area contributed by atoms with Gasteiger partial charge in [-0.05, 0) is 41.7 Å². The minimum Gasteiger partial charge on any atom is -0.465 e. The minimum absolute atomic E-state index is 0.0415. The number of carbonyl (C=O) groups is 2. The van der Waals surface area contributed by atoms with Gasteiger partial charge in [0.1, 0.15) is 0 Å². The number of amides is 2. The molecule has 1 aromatic carbocycles. The normalized spacial score (nSPS) is 22.0. The van der Waals surface area contributed by atoms with Crippen molar-refractivity contribution in [1.29, 1.82) is 0 Å². The van der Waals surface area contributed by atoms with E-state index in [-0.39, 0.29) is 17.2 Å². The summed E-state index contributed by atoms with van der Waals surface area (Å²) in [6.07, 6.45) is 2.37. The van der Waals surface area contributed by atoms with Crippen molar-refractivity contribution >= 4 is 12.0 Å². The van der Waals surface area contributed by atoms with E-state index in [1.807, 2.05) is 6.07 Å². The van der Waals surface area contributed by atoms with Crippen molar-refractivity contribution in [1.82, 2.24) is 9.80 Å². The Hall–Kier alpha value is -2.04. The number of likely N-dealkylation sites (tertiary alicyclic amines) is 1. The smallest absolute Gasteiger partial charge is 0.407 e. The molecular formula is C18H24N2O3. The molecule has 1 saturated heterocycles. The SMILES string of the molecule is CN(C)C(=O)CC1CC2(CCN(C(=O)O)CC2)c2ccccc21. The molecule has 0 saturated carbocycles. The first-order valence-electron chi connectivity index (χ1n) is 8.20. The second-order valence-electron chi connectivity index (χ2n) is 7.03. The van der Waals surface area contributed by atoms with Crippen molar-refractivity contribution in [3.63, 3.8) is 0 Å². The van der Waals surface area contributed by atoms with Gasteiger partial charge in [0, 0.05) is 33.6 Å². The summed E-state index contributed by atoms with van der Waals surface area (Å²) in [6.45, 7) is 1.16. The van der Waals surface area contributed by atoms with Crippen molar-refractivity contribution < 1.29 is 14.7 Å². The zero-order valence-corrected chi connectivity index (χ0v) is 13.8. The van der Waals surface area contributed by atoms with Crippen molar-refractivity contribution in [2.45, 2.75) is 37.0 Å². The first-order chi connectivity index (χ1) is 10.9. The summed E-state index contributed by atoms with van der Waals surface area (Å²) in [7, 11) is 3.59. The van der Waals surface area contributed by atoms with Gasteiger partial charge in [0.05, 0.1) is 0 Å². The lowest BCUT2D eigenvalue weighted by atomic mass is 9.73. The van der Waals surface area contributed by atoms with E-state index in [1.54, 1.807) is 19.0 Å². The van der Waals surface area contributed by atoms with Gasteiger partial charge in [0.15, 0.2) is 0 Å². The Morgan fingerprint density at radius 2 is 1.91 bits per heavy atom. The third-order valence-corrected chi connectivity index (χ3v) is 5.52. The number of hydrogen-bond acceptors (Lipinski definition) is 2. The van der Waals surface area contributed by atoms with E-state index in [0.29, 0.717) is 19.5 Å². The van der Waals surface area contributed by atoms with E-state index in [2.05, 4.69) is 18.2 Å². The van der Waals surface area contributed by atoms with Crippen LogP contribution in [0.15, 0.2) is 24.3 Å². The molecule has 1 unspecified atom stereocenters. The number of benzene rings is 1. The van der Waals surface area contributed by atoms with Crippen LogP contribution in [0.5, 0.6) is 0 Å². The summed E-state index contributed by atoms with van der Waals surface area (Å²) in [6, 6.07) is 8.41. The lowest BCUT2D eigenvalue weighted by molar-refractivity contribution is -0.129. The average Bonchev–Trinajstić information content (AvgIpc) is 2.82. The van der Waals surface area contributed by atoms with Gasteiger partial charge in [0.25, 0.3) is 0 Å². The largest absolute Gasteiger partial charge is 0.465 e. The Bertz CT molecular complexity index is 618. The lowest BCUT2D eigenvalue weighted by Crippen LogP contribution is -2.43. The molecule has 2 amide bonds. The Balaban J connectivity index is 1.84. The molecule has 0 bridgehead atoms. The molecule has 1 spiro atoms. The number of carbonyl (C=O) groups excluding carboxylic acids is 1. The van der Waals surface area contributed by atoms with Crippen LogP contribution in [-0.2, 0) is 10.2 Å². The predicted octanol–water partition coefficient (Wildman–Crippen LogP) is 2.66. The Kier molecular flexibility index (Phi) is 4.04. The van der Waals surface area contributed by atoms with Crippen molar-refractivity contribution in [2.75, 3.05) is 27.2 Å². The number of nitrogens with zero attached hydrogens (tertiary/aromatic N) is 2. The van der Waals surface area contributed by atoms with Gasteiger partial charge in [-0.15, -0.1) is 0 Å².